The first-order valence-electron chi connectivity index (χ1n) is 6.76. The van der Waals surface area contributed by atoms with E-state index in [0.29, 0.717) is 18.8 Å². The SMILES string of the molecule is CC(=O)Nc1ccc(N2CCN(C(=O)C(F)(F)F)CC2)cc1. The lowest BCUT2D eigenvalue weighted by atomic mass is 10.2. The van der Waals surface area contributed by atoms with Gasteiger partial charge in [-0.2, -0.15) is 13.2 Å². The first kappa shape index (κ1) is 16.1. The molecule has 0 unspecified atom stereocenters. The lowest BCUT2D eigenvalue weighted by Gasteiger charge is -2.36. The van der Waals surface area contributed by atoms with Gasteiger partial charge in [-0.1, -0.05) is 0 Å². The summed E-state index contributed by atoms with van der Waals surface area (Å²) in [6.07, 6.45) is -4.82. The zero-order chi connectivity index (χ0) is 16.3. The molecule has 0 radical (unpaired) electrons. The second kappa shape index (κ2) is 6.25. The number of benzene rings is 1. The number of nitrogens with one attached hydrogen (secondary N) is 1. The van der Waals surface area contributed by atoms with Crippen LogP contribution in [-0.4, -0.2) is 49.1 Å². The number of anilines is 2. The highest BCUT2D eigenvalue weighted by Crippen LogP contribution is 2.22. The fourth-order valence-electron chi connectivity index (χ4n) is 2.31. The minimum Gasteiger partial charge on any atom is -0.368 e. The molecule has 1 aliphatic heterocycles. The van der Waals surface area contributed by atoms with Crippen molar-refractivity contribution in [3.8, 4) is 0 Å². The van der Waals surface area contributed by atoms with Crippen molar-refractivity contribution in [3.63, 3.8) is 0 Å². The number of amides is 2. The number of piperazine rings is 1. The molecule has 1 heterocycles. The molecular weight excluding hydrogens is 299 g/mol. The molecule has 2 amide bonds. The zero-order valence-electron chi connectivity index (χ0n) is 12.0. The molecule has 0 spiro atoms. The van der Waals surface area contributed by atoms with Crippen LogP contribution in [0.25, 0.3) is 0 Å². The van der Waals surface area contributed by atoms with E-state index in [-0.39, 0.29) is 19.0 Å². The van der Waals surface area contributed by atoms with Gasteiger partial charge in [0.15, 0.2) is 0 Å². The van der Waals surface area contributed by atoms with Crippen LogP contribution in [0.2, 0.25) is 0 Å². The highest BCUT2D eigenvalue weighted by atomic mass is 19.4. The summed E-state index contributed by atoms with van der Waals surface area (Å²) in [5.74, 6) is -1.96. The Hall–Kier alpha value is -2.25. The minimum absolute atomic E-state index is 0.0335. The molecule has 1 saturated heterocycles. The average Bonchev–Trinajstić information content (AvgIpc) is 2.46. The summed E-state index contributed by atoms with van der Waals surface area (Å²) in [6, 6.07) is 7.02. The van der Waals surface area contributed by atoms with Crippen LogP contribution in [-0.2, 0) is 9.59 Å². The number of rotatable bonds is 2. The predicted octanol–water partition coefficient (Wildman–Crippen LogP) is 1.86. The molecule has 8 heteroatoms. The van der Waals surface area contributed by atoms with Gasteiger partial charge in [0.05, 0.1) is 0 Å². The average molecular weight is 315 g/mol. The molecule has 2 rings (SSSR count). The Kier molecular flexibility index (Phi) is 4.58. The number of nitrogens with zero attached hydrogens (tertiary/aromatic N) is 2. The number of alkyl halides is 3. The monoisotopic (exact) mass is 315 g/mol. The highest BCUT2D eigenvalue weighted by molar-refractivity contribution is 5.88. The number of hydrogen-bond acceptors (Lipinski definition) is 3. The van der Waals surface area contributed by atoms with E-state index in [0.717, 1.165) is 10.6 Å². The van der Waals surface area contributed by atoms with E-state index in [4.69, 9.17) is 0 Å². The molecular formula is C14H16F3N3O2. The van der Waals surface area contributed by atoms with E-state index in [1.807, 2.05) is 4.90 Å². The van der Waals surface area contributed by atoms with Gasteiger partial charge in [-0.15, -0.1) is 0 Å². The van der Waals surface area contributed by atoms with Gasteiger partial charge >= 0.3 is 12.1 Å². The Labute approximate surface area is 125 Å². The second-order valence-electron chi connectivity index (χ2n) is 5.01. The zero-order valence-corrected chi connectivity index (χ0v) is 12.0. The van der Waals surface area contributed by atoms with Crippen LogP contribution in [0.1, 0.15) is 6.92 Å². The van der Waals surface area contributed by atoms with Crippen molar-refractivity contribution in [1.82, 2.24) is 4.90 Å². The summed E-state index contributed by atoms with van der Waals surface area (Å²) in [5, 5.41) is 2.64. The Morgan fingerprint density at radius 1 is 1.05 bits per heavy atom. The Morgan fingerprint density at radius 3 is 2.05 bits per heavy atom. The maximum atomic E-state index is 12.4. The van der Waals surface area contributed by atoms with Gasteiger partial charge in [0.2, 0.25) is 5.91 Å². The van der Waals surface area contributed by atoms with Crippen LogP contribution >= 0.6 is 0 Å². The van der Waals surface area contributed by atoms with Gasteiger partial charge in [0, 0.05) is 44.5 Å². The molecule has 1 fully saturated rings. The van der Waals surface area contributed by atoms with E-state index >= 15 is 0 Å². The van der Waals surface area contributed by atoms with Crippen molar-refractivity contribution in [3.05, 3.63) is 24.3 Å². The standard InChI is InChI=1S/C14H16F3N3O2/c1-10(21)18-11-2-4-12(5-3-11)19-6-8-20(9-7-19)13(22)14(15,16)17/h2-5H,6-9H2,1H3,(H,18,21). The van der Waals surface area contributed by atoms with Crippen LogP contribution in [0.5, 0.6) is 0 Å². The molecule has 1 aliphatic rings. The van der Waals surface area contributed by atoms with E-state index < -0.39 is 12.1 Å². The highest BCUT2D eigenvalue weighted by Gasteiger charge is 2.43. The lowest BCUT2D eigenvalue weighted by Crippen LogP contribution is -2.52. The number of halogens is 3. The summed E-state index contributed by atoms with van der Waals surface area (Å²) in [6.45, 7) is 2.14. The Balaban J connectivity index is 1.94. The first-order valence-corrected chi connectivity index (χ1v) is 6.76. The van der Waals surface area contributed by atoms with Crippen LogP contribution in [0, 0.1) is 0 Å². The molecule has 1 aromatic carbocycles. The van der Waals surface area contributed by atoms with Gasteiger partial charge < -0.3 is 15.1 Å². The third kappa shape index (κ3) is 3.90. The van der Waals surface area contributed by atoms with Gasteiger partial charge in [0.1, 0.15) is 0 Å². The smallest absolute Gasteiger partial charge is 0.368 e. The third-order valence-corrected chi connectivity index (χ3v) is 3.36. The maximum absolute atomic E-state index is 12.4. The molecule has 0 aliphatic carbocycles. The maximum Gasteiger partial charge on any atom is 0.471 e. The summed E-state index contributed by atoms with van der Waals surface area (Å²) in [4.78, 5) is 24.8. The normalized spacial score (nSPS) is 15.6. The van der Waals surface area contributed by atoms with Crippen molar-refractivity contribution in [2.75, 3.05) is 36.4 Å². The number of carbonyl (C=O) groups is 2. The summed E-state index contributed by atoms with van der Waals surface area (Å²) >= 11 is 0. The molecule has 1 N–H and O–H groups in total. The second-order valence-corrected chi connectivity index (χ2v) is 5.01. The van der Waals surface area contributed by atoms with Crippen LogP contribution < -0.4 is 10.2 Å². The number of carbonyl (C=O) groups excluding carboxylic acids is 2. The fraction of sp³-hybridized carbons (Fsp3) is 0.429. The molecule has 1 aromatic rings. The van der Waals surface area contributed by atoms with Crippen molar-refractivity contribution >= 4 is 23.2 Å². The first-order chi connectivity index (χ1) is 10.3. The topological polar surface area (TPSA) is 52.7 Å². The van der Waals surface area contributed by atoms with Crippen molar-refractivity contribution < 1.29 is 22.8 Å². The Bertz CT molecular complexity index is 549. The number of hydrogen-bond donors (Lipinski definition) is 1. The van der Waals surface area contributed by atoms with Gasteiger partial charge in [-0.05, 0) is 24.3 Å². The summed E-state index contributed by atoms with van der Waals surface area (Å²) < 4.78 is 37.1. The van der Waals surface area contributed by atoms with E-state index in [1.165, 1.54) is 6.92 Å². The van der Waals surface area contributed by atoms with Gasteiger partial charge in [-0.3, -0.25) is 9.59 Å². The van der Waals surface area contributed by atoms with E-state index in [9.17, 15) is 22.8 Å². The summed E-state index contributed by atoms with van der Waals surface area (Å²) in [7, 11) is 0. The van der Waals surface area contributed by atoms with Crippen molar-refractivity contribution in [2.24, 2.45) is 0 Å². The Morgan fingerprint density at radius 2 is 1.59 bits per heavy atom. The van der Waals surface area contributed by atoms with E-state index in [1.54, 1.807) is 24.3 Å². The van der Waals surface area contributed by atoms with Gasteiger partial charge in [0.25, 0.3) is 0 Å². The largest absolute Gasteiger partial charge is 0.471 e. The molecule has 120 valence electrons. The quantitative estimate of drug-likeness (QED) is 0.906. The van der Waals surface area contributed by atoms with Gasteiger partial charge in [-0.25, -0.2) is 0 Å². The molecule has 22 heavy (non-hydrogen) atoms. The molecule has 0 bridgehead atoms. The van der Waals surface area contributed by atoms with Crippen molar-refractivity contribution in [1.29, 1.82) is 0 Å². The lowest BCUT2D eigenvalue weighted by molar-refractivity contribution is -0.185. The minimum atomic E-state index is -4.82. The molecule has 5 nitrogen and oxygen atoms in total. The molecule has 0 atom stereocenters. The predicted molar refractivity (Wildman–Crippen MR) is 75.6 cm³/mol. The molecule has 0 aromatic heterocycles. The van der Waals surface area contributed by atoms with E-state index in [2.05, 4.69) is 5.32 Å². The third-order valence-electron chi connectivity index (χ3n) is 3.36. The summed E-state index contributed by atoms with van der Waals surface area (Å²) in [5.41, 5.74) is 1.50. The van der Waals surface area contributed by atoms with Crippen molar-refractivity contribution in [2.45, 2.75) is 13.1 Å². The van der Waals surface area contributed by atoms with Crippen LogP contribution in [0.4, 0.5) is 24.5 Å². The molecule has 0 saturated carbocycles. The van der Waals surface area contributed by atoms with Crippen LogP contribution in [0.15, 0.2) is 24.3 Å². The van der Waals surface area contributed by atoms with Crippen LogP contribution in [0.3, 0.4) is 0 Å². The fourth-order valence-corrected chi connectivity index (χ4v) is 2.31.